The van der Waals surface area contributed by atoms with Crippen LogP contribution < -0.4 is 42.4 Å². The summed E-state index contributed by atoms with van der Waals surface area (Å²) in [6.07, 6.45) is 11.4. The number of carbonyl (C=O) groups excluding carboxylic acids is 9. The Labute approximate surface area is 372 Å². The van der Waals surface area contributed by atoms with Crippen LogP contribution in [0.1, 0.15) is 117 Å². The Kier molecular flexibility index (Phi) is 40.4. The van der Waals surface area contributed by atoms with E-state index in [4.69, 9.17) is 16.0 Å². The lowest BCUT2D eigenvalue weighted by atomic mass is 10.0. The van der Waals surface area contributed by atoms with E-state index in [1.807, 2.05) is 20.9 Å². The van der Waals surface area contributed by atoms with Gasteiger partial charge in [0.25, 0.3) is 0 Å². The van der Waals surface area contributed by atoms with Crippen LogP contribution >= 0.6 is 0 Å². The lowest BCUT2D eigenvalue weighted by molar-refractivity contribution is -0.129. The molecule has 0 heterocycles. The SMILES string of the molecule is [B]NC(=O)CCCCCNC.[B]NC(=O)CCCCCNC(=O)CN(CC(=O)NCCCCCNC(=O)CN(CC=O)CC(=O)NCC)CC(=O)NCCCCCC(=O)C(C)C. The van der Waals surface area contributed by atoms with Crippen molar-refractivity contribution in [2.45, 2.75) is 117 Å². The number of likely N-dealkylation sites (N-methyl/N-ethyl adjacent to an activating group) is 1. The molecule has 0 fully saturated rings. The zero-order valence-corrected chi connectivity index (χ0v) is 38.0. The second-order valence-electron chi connectivity index (χ2n) is 15.2. The molecule has 19 nitrogen and oxygen atoms in total. The third kappa shape index (κ3) is 39.8. The van der Waals surface area contributed by atoms with Crippen molar-refractivity contribution in [3.63, 3.8) is 0 Å². The number of unbranched alkanes of at least 4 members (excludes halogenated alkanes) is 8. The van der Waals surface area contributed by atoms with Crippen molar-refractivity contribution in [2.75, 3.05) is 85.6 Å². The minimum absolute atomic E-state index is 0.0148. The summed E-state index contributed by atoms with van der Waals surface area (Å²) in [6.45, 7) is 8.00. The van der Waals surface area contributed by atoms with Gasteiger partial charge >= 0.3 is 0 Å². The molecule has 21 heteroatoms. The molecule has 0 rings (SSSR count). The molecule has 0 aliphatic heterocycles. The lowest BCUT2D eigenvalue weighted by Crippen LogP contribution is -2.47. The molecule has 0 saturated heterocycles. The number of nitrogens with one attached hydrogen (secondary N) is 8. The van der Waals surface area contributed by atoms with Gasteiger partial charge in [-0.05, 0) is 78.3 Å². The van der Waals surface area contributed by atoms with Crippen LogP contribution in [0.25, 0.3) is 0 Å². The molecule has 0 saturated carbocycles. The predicted molar refractivity (Wildman–Crippen MR) is 240 cm³/mol. The first-order chi connectivity index (χ1) is 29.7. The van der Waals surface area contributed by atoms with Crippen LogP contribution in [0.3, 0.4) is 0 Å². The second-order valence-corrected chi connectivity index (χ2v) is 15.2. The molecule has 7 amide bonds. The van der Waals surface area contributed by atoms with Crippen LogP contribution in [-0.2, 0) is 43.2 Å². The number of rotatable bonds is 38. The summed E-state index contributed by atoms with van der Waals surface area (Å²) in [5.41, 5.74) is 0. The van der Waals surface area contributed by atoms with E-state index in [0.717, 1.165) is 45.1 Å². The van der Waals surface area contributed by atoms with Crippen LogP contribution in [-0.4, -0.2) is 165 Å². The van der Waals surface area contributed by atoms with E-state index in [1.165, 1.54) is 9.80 Å². The topological polar surface area (TPSA) is 256 Å². The maximum absolute atomic E-state index is 12.7. The van der Waals surface area contributed by atoms with Crippen molar-refractivity contribution in [1.29, 1.82) is 0 Å². The number of Topliss-reactive ketones (excluding diaryl/α,β-unsaturated/α-hetero) is 1. The van der Waals surface area contributed by atoms with Gasteiger partial charge in [0.15, 0.2) is 0 Å². The molecule has 62 heavy (non-hydrogen) atoms. The number of hydrogen-bond acceptors (Lipinski definition) is 12. The average molecular weight is 875 g/mol. The zero-order chi connectivity index (χ0) is 46.8. The van der Waals surface area contributed by atoms with Crippen LogP contribution in [0, 0.1) is 5.92 Å². The molecular weight excluding hydrogens is 798 g/mol. The monoisotopic (exact) mass is 875 g/mol. The second kappa shape index (κ2) is 42.0. The van der Waals surface area contributed by atoms with Gasteiger partial charge in [-0.1, -0.05) is 33.1 Å². The fourth-order valence-corrected chi connectivity index (χ4v) is 5.67. The van der Waals surface area contributed by atoms with Crippen molar-refractivity contribution in [3.8, 4) is 0 Å². The first kappa shape index (κ1) is 59.7. The highest BCUT2D eigenvalue weighted by Gasteiger charge is 2.18. The van der Waals surface area contributed by atoms with Gasteiger partial charge in [0.2, 0.25) is 57.3 Å². The number of amides is 7. The summed E-state index contributed by atoms with van der Waals surface area (Å²) >= 11 is 0. The van der Waals surface area contributed by atoms with Crippen molar-refractivity contribution < 1.29 is 43.2 Å². The summed E-state index contributed by atoms with van der Waals surface area (Å²) in [4.78, 5) is 109. The summed E-state index contributed by atoms with van der Waals surface area (Å²) in [5, 5.41) is 21.1. The van der Waals surface area contributed by atoms with Crippen LogP contribution in [0.4, 0.5) is 0 Å². The molecule has 0 spiro atoms. The smallest absolute Gasteiger partial charge is 0.234 e. The van der Waals surface area contributed by atoms with E-state index >= 15 is 0 Å². The van der Waals surface area contributed by atoms with Crippen LogP contribution in [0.2, 0.25) is 0 Å². The highest BCUT2D eigenvalue weighted by molar-refractivity contribution is 6.14. The van der Waals surface area contributed by atoms with Crippen molar-refractivity contribution in [2.24, 2.45) is 5.92 Å². The van der Waals surface area contributed by atoms with Crippen molar-refractivity contribution in [3.05, 3.63) is 0 Å². The Morgan fingerprint density at radius 3 is 1.15 bits per heavy atom. The number of aldehydes is 1. The quantitative estimate of drug-likeness (QED) is 0.0213. The predicted octanol–water partition coefficient (Wildman–Crippen LogP) is -0.928. The average Bonchev–Trinajstić information content (AvgIpc) is 3.22. The zero-order valence-electron chi connectivity index (χ0n) is 38.0. The fraction of sp³-hybridized carbons (Fsp3) is 0.780. The highest BCUT2D eigenvalue weighted by atomic mass is 16.2. The van der Waals surface area contributed by atoms with Gasteiger partial charge in [-0.2, -0.15) is 0 Å². The number of nitrogens with zero attached hydrogens (tertiary/aromatic N) is 2. The Bertz CT molecular complexity index is 1300. The molecule has 0 aromatic rings. The fourth-order valence-electron chi connectivity index (χ4n) is 5.67. The van der Waals surface area contributed by atoms with Gasteiger partial charge in [-0.15, -0.1) is 0 Å². The van der Waals surface area contributed by atoms with Gasteiger partial charge in [0, 0.05) is 57.9 Å². The summed E-state index contributed by atoms with van der Waals surface area (Å²) in [7, 11) is 11.9. The maximum Gasteiger partial charge on any atom is 0.234 e. The van der Waals surface area contributed by atoms with Crippen LogP contribution in [0.15, 0.2) is 0 Å². The first-order valence-corrected chi connectivity index (χ1v) is 22.1. The standard InChI is InChI=1S/C34H61BN8O8.C7H15BN2O/c1-4-36-30(47)22-42(20-21-44)23-31(48)37-18-12-7-13-19-40-34(51)26-43(25-33(50)39-17-11-6-9-15-29(46)41-35)24-32(49)38-16-10-5-8-14-28(45)27(2)3;1-9-6-4-2-3-5-7(11)10-8/h21,27H,4-20,22-26H2,1-3H3,(H,36,47)(H,37,48)(H,38,49)(H,39,50)(H,40,51)(H,41,46);9H,2-6H2,1H3,(H,10,11). The van der Waals surface area contributed by atoms with Crippen molar-refractivity contribution >= 4 is 69.4 Å². The van der Waals surface area contributed by atoms with E-state index in [1.54, 1.807) is 6.92 Å². The molecular formula is C41H76B2N10O9. The molecule has 8 N–H and O–H groups in total. The molecule has 4 radical (unpaired) electrons. The van der Waals surface area contributed by atoms with E-state index in [0.29, 0.717) is 96.8 Å². The largest absolute Gasteiger partial charge is 0.409 e. The Morgan fingerprint density at radius 2 is 0.806 bits per heavy atom. The number of ketones is 1. The Balaban J connectivity index is 0. The van der Waals surface area contributed by atoms with Crippen molar-refractivity contribution in [1.82, 2.24) is 52.2 Å². The summed E-state index contributed by atoms with van der Waals surface area (Å²) in [6, 6.07) is 0. The van der Waals surface area contributed by atoms with E-state index < -0.39 is 0 Å². The molecule has 350 valence electrons. The molecule has 0 aliphatic carbocycles. The lowest BCUT2D eigenvalue weighted by Gasteiger charge is -2.21. The van der Waals surface area contributed by atoms with Gasteiger partial charge < -0.3 is 47.2 Å². The molecule has 0 aromatic heterocycles. The van der Waals surface area contributed by atoms with Gasteiger partial charge in [0.1, 0.15) is 12.1 Å². The molecule has 0 aromatic carbocycles. The molecule has 0 atom stereocenters. The van der Waals surface area contributed by atoms with Crippen LogP contribution in [0.5, 0.6) is 0 Å². The van der Waals surface area contributed by atoms with E-state index in [9.17, 15) is 43.2 Å². The summed E-state index contributed by atoms with van der Waals surface area (Å²) in [5.74, 6) is -1.62. The molecule has 0 unspecified atom stereocenters. The Morgan fingerprint density at radius 1 is 0.468 bits per heavy atom. The summed E-state index contributed by atoms with van der Waals surface area (Å²) < 4.78 is 0. The minimum atomic E-state index is -0.334. The third-order valence-corrected chi connectivity index (χ3v) is 9.16. The highest BCUT2D eigenvalue weighted by Crippen LogP contribution is 2.06. The third-order valence-electron chi connectivity index (χ3n) is 9.16. The van der Waals surface area contributed by atoms with Gasteiger partial charge in [-0.3, -0.25) is 48.2 Å². The molecule has 0 bridgehead atoms. The van der Waals surface area contributed by atoms with Gasteiger partial charge in [0.05, 0.1) is 39.3 Å². The molecule has 0 aliphatic rings. The number of carbonyl (C=O) groups is 9. The van der Waals surface area contributed by atoms with E-state index in [-0.39, 0.29) is 92.3 Å². The van der Waals surface area contributed by atoms with Gasteiger partial charge in [-0.25, -0.2) is 0 Å². The first-order valence-electron chi connectivity index (χ1n) is 22.1. The number of hydrogen-bond donors (Lipinski definition) is 8. The minimum Gasteiger partial charge on any atom is -0.409 e. The Hall–Kier alpha value is -4.36. The normalized spacial score (nSPS) is 10.6. The maximum atomic E-state index is 12.7. The van der Waals surface area contributed by atoms with E-state index in [2.05, 4.69) is 42.4 Å².